The van der Waals surface area contributed by atoms with Crippen LogP contribution >= 0.6 is 47.2 Å². The van der Waals surface area contributed by atoms with Gasteiger partial charge in [-0.2, -0.15) is 0 Å². The molecule has 0 aliphatic rings. The maximum absolute atomic E-state index is 10.4. The average Bonchev–Trinajstić information content (AvgIpc) is 2.63. The fourth-order valence-electron chi connectivity index (χ4n) is 2.38. The Balaban J connectivity index is 0.00000392. The number of anilines is 1. The Bertz CT molecular complexity index is 768. The third kappa shape index (κ3) is 7.98. The first kappa shape index (κ1) is 24.7. The van der Waals surface area contributed by atoms with Gasteiger partial charge >= 0.3 is 0 Å². The van der Waals surface area contributed by atoms with Gasteiger partial charge in [-0.15, -0.1) is 24.0 Å². The van der Waals surface area contributed by atoms with Crippen molar-refractivity contribution in [2.24, 2.45) is 4.99 Å². The van der Waals surface area contributed by atoms with Crippen molar-refractivity contribution in [2.45, 2.75) is 19.6 Å². The first-order valence-electron chi connectivity index (χ1n) is 8.68. The van der Waals surface area contributed by atoms with Gasteiger partial charge in [0.25, 0.3) is 0 Å². The van der Waals surface area contributed by atoms with Crippen LogP contribution in [0.3, 0.4) is 0 Å². The Morgan fingerprint density at radius 3 is 2.46 bits per heavy atom. The first-order chi connectivity index (χ1) is 12.9. The number of nitrogens with zero attached hydrogens (tertiary/aromatic N) is 3. The number of guanidine groups is 1. The predicted molar refractivity (Wildman–Crippen MR) is 128 cm³/mol. The fourth-order valence-corrected chi connectivity index (χ4v) is 2.93. The van der Waals surface area contributed by atoms with Gasteiger partial charge in [0.05, 0.1) is 18.3 Å². The highest BCUT2D eigenvalue weighted by atomic mass is 127. The number of halogens is 3. The molecular weight excluding hydrogens is 512 g/mol. The lowest BCUT2D eigenvalue weighted by Crippen LogP contribution is -2.39. The van der Waals surface area contributed by atoms with Crippen LogP contribution < -0.4 is 15.5 Å². The van der Waals surface area contributed by atoms with E-state index in [1.54, 1.807) is 18.2 Å². The van der Waals surface area contributed by atoms with E-state index >= 15 is 0 Å². The topological polar surface area (TPSA) is 72.8 Å². The summed E-state index contributed by atoms with van der Waals surface area (Å²) in [6, 6.07) is 10.9. The van der Waals surface area contributed by atoms with E-state index in [2.05, 4.69) is 20.6 Å². The Kier molecular flexibility index (Phi) is 10.9. The molecule has 1 atom stereocenters. The van der Waals surface area contributed by atoms with Crippen molar-refractivity contribution in [3.8, 4) is 0 Å². The van der Waals surface area contributed by atoms with Gasteiger partial charge < -0.3 is 20.6 Å². The molecule has 2 aromatic rings. The molecule has 1 aromatic carbocycles. The summed E-state index contributed by atoms with van der Waals surface area (Å²) in [5.41, 5.74) is 1.51. The summed E-state index contributed by atoms with van der Waals surface area (Å²) in [4.78, 5) is 11.0. The third-order valence-electron chi connectivity index (χ3n) is 3.73. The highest BCUT2D eigenvalue weighted by Crippen LogP contribution is 2.23. The van der Waals surface area contributed by atoms with E-state index in [-0.39, 0.29) is 30.5 Å². The maximum Gasteiger partial charge on any atom is 0.191 e. The zero-order valence-electron chi connectivity index (χ0n) is 16.1. The van der Waals surface area contributed by atoms with Crippen molar-refractivity contribution in [3.63, 3.8) is 0 Å². The molecule has 0 radical (unpaired) electrons. The molecule has 0 bridgehead atoms. The zero-order chi connectivity index (χ0) is 19.8. The molecule has 1 heterocycles. The highest BCUT2D eigenvalue weighted by molar-refractivity contribution is 14.0. The van der Waals surface area contributed by atoms with E-state index < -0.39 is 6.10 Å². The number of rotatable bonds is 7. The molecule has 28 heavy (non-hydrogen) atoms. The molecule has 0 fully saturated rings. The Labute approximate surface area is 193 Å². The van der Waals surface area contributed by atoms with Crippen molar-refractivity contribution in [3.05, 3.63) is 57.7 Å². The summed E-state index contributed by atoms with van der Waals surface area (Å²) in [6.45, 7) is 3.38. The lowest BCUT2D eigenvalue weighted by Gasteiger charge is -2.16. The predicted octanol–water partition coefficient (Wildman–Crippen LogP) is 3.86. The molecule has 2 rings (SSSR count). The van der Waals surface area contributed by atoms with Crippen LogP contribution in [0.4, 0.5) is 5.82 Å². The summed E-state index contributed by atoms with van der Waals surface area (Å²) < 4.78 is 0. The van der Waals surface area contributed by atoms with E-state index in [4.69, 9.17) is 23.2 Å². The molecule has 1 unspecified atom stereocenters. The van der Waals surface area contributed by atoms with E-state index in [0.29, 0.717) is 34.7 Å². The van der Waals surface area contributed by atoms with Crippen LogP contribution in [-0.2, 0) is 6.54 Å². The van der Waals surface area contributed by atoms with E-state index in [9.17, 15) is 5.11 Å². The second-order valence-electron chi connectivity index (χ2n) is 6.18. The van der Waals surface area contributed by atoms with Gasteiger partial charge in [-0.3, -0.25) is 0 Å². The van der Waals surface area contributed by atoms with Crippen LogP contribution in [0.2, 0.25) is 10.0 Å². The van der Waals surface area contributed by atoms with Crippen molar-refractivity contribution >= 4 is 59.0 Å². The number of pyridine rings is 1. The van der Waals surface area contributed by atoms with Crippen LogP contribution in [-0.4, -0.2) is 43.2 Å². The van der Waals surface area contributed by atoms with E-state index in [1.165, 1.54) is 0 Å². The van der Waals surface area contributed by atoms with Crippen molar-refractivity contribution in [1.29, 1.82) is 0 Å². The van der Waals surface area contributed by atoms with Crippen molar-refractivity contribution in [2.75, 3.05) is 32.1 Å². The van der Waals surface area contributed by atoms with Gasteiger partial charge in [0.1, 0.15) is 5.82 Å². The van der Waals surface area contributed by atoms with Crippen LogP contribution in [0.15, 0.2) is 41.4 Å². The van der Waals surface area contributed by atoms with Crippen LogP contribution in [0.25, 0.3) is 0 Å². The molecule has 154 valence electrons. The van der Waals surface area contributed by atoms with Crippen LogP contribution in [0.1, 0.15) is 24.3 Å². The molecule has 0 saturated carbocycles. The number of aliphatic hydroxyl groups is 1. The molecule has 0 spiro atoms. The van der Waals surface area contributed by atoms with Crippen LogP contribution in [0, 0.1) is 0 Å². The summed E-state index contributed by atoms with van der Waals surface area (Å²) in [5.74, 6) is 1.48. The smallest absolute Gasteiger partial charge is 0.191 e. The lowest BCUT2D eigenvalue weighted by atomic mass is 10.1. The average molecular weight is 538 g/mol. The number of hydrogen-bond donors (Lipinski definition) is 3. The second-order valence-corrected chi connectivity index (χ2v) is 7.05. The molecule has 0 amide bonds. The molecule has 0 aliphatic heterocycles. The molecular formula is C19H26Cl2IN5O. The highest BCUT2D eigenvalue weighted by Gasteiger charge is 2.10. The number of aliphatic imine (C=N–C) groups is 1. The fraction of sp³-hybridized carbons (Fsp3) is 0.368. The van der Waals surface area contributed by atoms with Gasteiger partial charge in [0, 0.05) is 37.2 Å². The number of benzene rings is 1. The minimum absolute atomic E-state index is 0. The van der Waals surface area contributed by atoms with E-state index in [0.717, 1.165) is 11.5 Å². The Hall–Kier alpha value is -1.29. The monoisotopic (exact) mass is 537 g/mol. The summed E-state index contributed by atoms with van der Waals surface area (Å²) in [5, 5.41) is 17.7. The molecule has 3 N–H and O–H groups in total. The molecule has 1 aromatic heterocycles. The Morgan fingerprint density at radius 1 is 1.18 bits per heavy atom. The van der Waals surface area contributed by atoms with Crippen molar-refractivity contribution in [1.82, 2.24) is 15.6 Å². The number of hydrogen-bond acceptors (Lipinski definition) is 4. The van der Waals surface area contributed by atoms with Crippen LogP contribution in [0.5, 0.6) is 0 Å². The van der Waals surface area contributed by atoms with Gasteiger partial charge in [-0.25, -0.2) is 9.98 Å². The lowest BCUT2D eigenvalue weighted by molar-refractivity contribution is 0.181. The summed E-state index contributed by atoms with van der Waals surface area (Å²) >= 11 is 12.0. The maximum atomic E-state index is 10.4. The first-order valence-corrected chi connectivity index (χ1v) is 9.44. The molecule has 0 saturated heterocycles. The minimum Gasteiger partial charge on any atom is -0.387 e. The second kappa shape index (κ2) is 12.3. The third-order valence-corrected chi connectivity index (χ3v) is 4.16. The largest absolute Gasteiger partial charge is 0.387 e. The number of aromatic nitrogens is 1. The van der Waals surface area contributed by atoms with E-state index in [1.807, 2.05) is 44.1 Å². The summed E-state index contributed by atoms with van der Waals surface area (Å²) in [7, 11) is 3.90. The minimum atomic E-state index is -0.764. The zero-order valence-corrected chi connectivity index (χ0v) is 20.0. The van der Waals surface area contributed by atoms with Gasteiger partial charge in [0.15, 0.2) is 5.96 Å². The molecule has 9 heteroatoms. The van der Waals surface area contributed by atoms with Gasteiger partial charge in [-0.05, 0) is 42.8 Å². The quantitative estimate of drug-likeness (QED) is 0.284. The molecule has 0 aliphatic carbocycles. The molecule has 6 nitrogen and oxygen atoms in total. The number of aliphatic hydroxyl groups excluding tert-OH is 1. The standard InChI is InChI=1S/C19H25Cl2N5O.HI/c1-4-22-19(23-11-16-6-5-7-18(25-16)26(2)3)24-12-17(27)13-8-14(20)10-15(21)9-13;/h5-10,17,27H,4,11-12H2,1-3H3,(H2,22,23,24);1H. The SMILES string of the molecule is CCNC(=NCc1cccc(N(C)C)n1)NCC(O)c1cc(Cl)cc(Cl)c1.I. The van der Waals surface area contributed by atoms with Gasteiger partial charge in [-0.1, -0.05) is 29.3 Å². The Morgan fingerprint density at radius 2 is 1.86 bits per heavy atom. The van der Waals surface area contributed by atoms with Crippen molar-refractivity contribution < 1.29 is 5.11 Å². The number of nitrogens with one attached hydrogen (secondary N) is 2. The van der Waals surface area contributed by atoms with Gasteiger partial charge in [0.2, 0.25) is 0 Å². The summed E-state index contributed by atoms with van der Waals surface area (Å²) in [6.07, 6.45) is -0.764. The normalized spacial score (nSPS) is 12.1.